The van der Waals surface area contributed by atoms with E-state index in [9.17, 15) is 14.7 Å². The van der Waals surface area contributed by atoms with Crippen LogP contribution in [-0.4, -0.2) is 15.6 Å². The van der Waals surface area contributed by atoms with Crippen LogP contribution in [0.25, 0.3) is 0 Å². The molecule has 2 N–H and O–H groups in total. The van der Waals surface area contributed by atoms with Gasteiger partial charge in [0, 0.05) is 29.4 Å². The van der Waals surface area contributed by atoms with E-state index in [4.69, 9.17) is 4.74 Å². The third kappa shape index (κ3) is 1.90. The summed E-state index contributed by atoms with van der Waals surface area (Å²) in [6.07, 6.45) is 1.07. The Morgan fingerprint density at radius 2 is 2.15 bits per heavy atom. The number of carbonyl (C=O) groups excluding carboxylic acids is 1. The van der Waals surface area contributed by atoms with Crippen molar-refractivity contribution < 1.29 is 14.6 Å². The van der Waals surface area contributed by atoms with Gasteiger partial charge in [-0.1, -0.05) is 25.1 Å². The molecule has 26 heavy (non-hydrogen) atoms. The first-order chi connectivity index (χ1) is 12.5. The SMILES string of the molecule is CCC1(O)C(=O)OCc2c1cc1n(c2=O)CC2Cc3ccccc3NC12. The van der Waals surface area contributed by atoms with Crippen LogP contribution in [0.15, 0.2) is 35.1 Å². The van der Waals surface area contributed by atoms with Crippen molar-refractivity contribution in [2.45, 2.75) is 44.6 Å². The van der Waals surface area contributed by atoms with Gasteiger partial charge >= 0.3 is 5.97 Å². The number of cyclic esters (lactones) is 1. The Balaban J connectivity index is 1.67. The van der Waals surface area contributed by atoms with E-state index < -0.39 is 11.6 Å². The number of para-hydroxylation sites is 1. The molecule has 0 saturated carbocycles. The van der Waals surface area contributed by atoms with Crippen LogP contribution in [0.2, 0.25) is 0 Å². The molecule has 3 unspecified atom stereocenters. The zero-order valence-corrected chi connectivity index (χ0v) is 14.5. The number of aromatic nitrogens is 1. The van der Waals surface area contributed by atoms with Gasteiger partial charge in [0.05, 0.1) is 11.6 Å². The molecule has 2 aromatic rings. The molecule has 1 aromatic heterocycles. The fourth-order valence-electron chi connectivity index (χ4n) is 4.61. The van der Waals surface area contributed by atoms with Crippen molar-refractivity contribution in [1.82, 2.24) is 4.57 Å². The van der Waals surface area contributed by atoms with E-state index in [0.717, 1.165) is 17.8 Å². The lowest BCUT2D eigenvalue weighted by atomic mass is 9.84. The Hall–Kier alpha value is -2.60. The summed E-state index contributed by atoms with van der Waals surface area (Å²) < 4.78 is 6.88. The summed E-state index contributed by atoms with van der Waals surface area (Å²) >= 11 is 0. The van der Waals surface area contributed by atoms with E-state index in [1.807, 2.05) is 24.3 Å². The molecule has 1 aromatic carbocycles. The van der Waals surface area contributed by atoms with E-state index in [0.29, 0.717) is 17.7 Å². The Labute approximate surface area is 150 Å². The number of carbonyl (C=O) groups is 1. The van der Waals surface area contributed by atoms with Crippen molar-refractivity contribution in [2.24, 2.45) is 5.92 Å². The smallest absolute Gasteiger partial charge is 0.343 e. The summed E-state index contributed by atoms with van der Waals surface area (Å²) in [6, 6.07) is 10.0. The lowest BCUT2D eigenvalue weighted by Gasteiger charge is -2.33. The molecule has 0 fully saturated rings. The normalized spacial score (nSPS) is 28.3. The van der Waals surface area contributed by atoms with Crippen LogP contribution in [0, 0.1) is 5.92 Å². The second-order valence-electron chi connectivity index (χ2n) is 7.41. The van der Waals surface area contributed by atoms with Gasteiger partial charge in [-0.15, -0.1) is 0 Å². The third-order valence-corrected chi connectivity index (χ3v) is 6.09. The molecule has 0 spiro atoms. The van der Waals surface area contributed by atoms with Gasteiger partial charge in [-0.05, 0) is 30.5 Å². The van der Waals surface area contributed by atoms with E-state index in [2.05, 4.69) is 11.4 Å². The molecule has 6 heteroatoms. The van der Waals surface area contributed by atoms with Crippen molar-refractivity contribution in [1.29, 1.82) is 0 Å². The number of nitrogens with zero attached hydrogens (tertiary/aromatic N) is 1. The largest absolute Gasteiger partial charge is 0.458 e. The maximum atomic E-state index is 13.1. The molecule has 3 aliphatic heterocycles. The molecule has 134 valence electrons. The van der Waals surface area contributed by atoms with Crippen molar-refractivity contribution in [3.8, 4) is 0 Å². The van der Waals surface area contributed by atoms with Crippen molar-refractivity contribution in [3.63, 3.8) is 0 Å². The van der Waals surface area contributed by atoms with Crippen LogP contribution in [0.5, 0.6) is 0 Å². The maximum absolute atomic E-state index is 13.1. The summed E-state index contributed by atoms with van der Waals surface area (Å²) in [5.74, 6) is -0.402. The molecule has 0 bridgehead atoms. The maximum Gasteiger partial charge on any atom is 0.343 e. The van der Waals surface area contributed by atoms with Crippen LogP contribution in [0.3, 0.4) is 0 Å². The zero-order chi connectivity index (χ0) is 18.1. The van der Waals surface area contributed by atoms with Crippen LogP contribution >= 0.6 is 0 Å². The highest BCUT2D eigenvalue weighted by atomic mass is 16.6. The molecule has 6 nitrogen and oxygen atoms in total. The number of fused-ring (bicyclic) bond motifs is 5. The highest BCUT2D eigenvalue weighted by Gasteiger charge is 2.47. The minimum Gasteiger partial charge on any atom is -0.458 e. The molecule has 0 amide bonds. The van der Waals surface area contributed by atoms with Crippen LogP contribution in [0.1, 0.15) is 41.8 Å². The third-order valence-electron chi connectivity index (χ3n) is 6.09. The highest BCUT2D eigenvalue weighted by molar-refractivity contribution is 5.83. The van der Waals surface area contributed by atoms with E-state index >= 15 is 0 Å². The molecule has 4 heterocycles. The average molecular weight is 352 g/mol. The molecule has 0 aliphatic carbocycles. The van der Waals surface area contributed by atoms with Gasteiger partial charge in [-0.3, -0.25) is 4.79 Å². The standard InChI is InChI=1S/C20H20N2O4/c1-2-20(25)14-8-16-17-12(7-11-5-3-4-6-15(11)21-17)9-22(16)18(23)13(14)10-26-19(20)24/h3-6,8,12,17,21,25H,2,7,9-10H2,1H3. The van der Waals surface area contributed by atoms with Crippen LogP contribution in [0.4, 0.5) is 5.69 Å². The number of rotatable bonds is 1. The average Bonchev–Trinajstić information content (AvgIpc) is 3.01. The monoisotopic (exact) mass is 352 g/mol. The van der Waals surface area contributed by atoms with Crippen molar-refractivity contribution >= 4 is 11.7 Å². The number of nitrogens with one attached hydrogen (secondary N) is 1. The lowest BCUT2D eigenvalue weighted by molar-refractivity contribution is -0.172. The number of hydrogen-bond donors (Lipinski definition) is 2. The summed E-state index contributed by atoms with van der Waals surface area (Å²) in [5, 5.41) is 14.4. The number of anilines is 1. The summed E-state index contributed by atoms with van der Waals surface area (Å²) in [5.41, 5.74) is 2.09. The van der Waals surface area contributed by atoms with Gasteiger partial charge in [0.25, 0.3) is 5.56 Å². The van der Waals surface area contributed by atoms with E-state index in [1.165, 1.54) is 5.56 Å². The molecule has 5 rings (SSSR count). The van der Waals surface area contributed by atoms with Gasteiger partial charge in [0.15, 0.2) is 5.60 Å². The van der Waals surface area contributed by atoms with E-state index in [-0.39, 0.29) is 30.5 Å². The Bertz CT molecular complexity index is 996. The number of hydrogen-bond acceptors (Lipinski definition) is 5. The number of aliphatic hydroxyl groups is 1. The Kier molecular flexibility index (Phi) is 3.13. The number of pyridine rings is 1. The first kappa shape index (κ1) is 15.6. The van der Waals surface area contributed by atoms with Crippen molar-refractivity contribution in [3.05, 3.63) is 63.1 Å². The summed E-state index contributed by atoms with van der Waals surface area (Å²) in [7, 11) is 0. The molecule has 3 atom stereocenters. The molecule has 3 aliphatic rings. The van der Waals surface area contributed by atoms with Gasteiger partial charge in [0.1, 0.15) is 6.61 Å². The first-order valence-corrected chi connectivity index (χ1v) is 9.04. The molecular formula is C20H20N2O4. The highest BCUT2D eigenvalue weighted by Crippen LogP contribution is 2.43. The zero-order valence-electron chi connectivity index (χ0n) is 14.5. The number of benzene rings is 1. The van der Waals surface area contributed by atoms with Gasteiger partial charge in [-0.2, -0.15) is 0 Å². The fourth-order valence-corrected chi connectivity index (χ4v) is 4.61. The molecule has 0 saturated heterocycles. The van der Waals surface area contributed by atoms with Gasteiger partial charge in [-0.25, -0.2) is 4.79 Å². The first-order valence-electron chi connectivity index (χ1n) is 9.04. The predicted octanol–water partition coefficient (Wildman–Crippen LogP) is 1.84. The van der Waals surface area contributed by atoms with Crippen molar-refractivity contribution in [2.75, 3.05) is 5.32 Å². The second kappa shape index (κ2) is 5.20. The van der Waals surface area contributed by atoms with Crippen LogP contribution < -0.4 is 10.9 Å². The van der Waals surface area contributed by atoms with Gasteiger partial charge < -0.3 is 19.7 Å². The summed E-state index contributed by atoms with van der Waals surface area (Å²) in [4.78, 5) is 25.2. The summed E-state index contributed by atoms with van der Waals surface area (Å²) in [6.45, 7) is 2.28. The number of esters is 1. The van der Waals surface area contributed by atoms with E-state index in [1.54, 1.807) is 11.5 Å². The minimum absolute atomic E-state index is 0.00181. The Morgan fingerprint density at radius 1 is 1.35 bits per heavy atom. The molecule has 0 radical (unpaired) electrons. The lowest BCUT2D eigenvalue weighted by Crippen LogP contribution is -2.44. The fraction of sp³-hybridized carbons (Fsp3) is 0.400. The second-order valence-corrected chi connectivity index (χ2v) is 7.41. The Morgan fingerprint density at radius 3 is 2.96 bits per heavy atom. The van der Waals surface area contributed by atoms with Gasteiger partial charge in [0.2, 0.25) is 0 Å². The minimum atomic E-state index is -1.74. The quantitative estimate of drug-likeness (QED) is 0.766. The number of ether oxygens (including phenoxy) is 1. The topological polar surface area (TPSA) is 80.6 Å². The predicted molar refractivity (Wildman–Crippen MR) is 94.7 cm³/mol. The van der Waals surface area contributed by atoms with Crippen LogP contribution in [-0.2, 0) is 34.7 Å². The molecular weight excluding hydrogens is 332 g/mol.